The highest BCUT2D eigenvalue weighted by Crippen LogP contribution is 2.29. The van der Waals surface area contributed by atoms with Crippen molar-refractivity contribution in [3.63, 3.8) is 0 Å². The number of benzene rings is 2. The number of anilines is 1. The van der Waals surface area contributed by atoms with Crippen molar-refractivity contribution in [2.45, 2.75) is 13.0 Å². The molecule has 35 heavy (non-hydrogen) atoms. The van der Waals surface area contributed by atoms with Crippen molar-refractivity contribution in [1.29, 1.82) is 0 Å². The fourth-order valence-electron chi connectivity index (χ4n) is 4.27. The van der Waals surface area contributed by atoms with E-state index in [1.165, 1.54) is 36.4 Å². The van der Waals surface area contributed by atoms with Crippen molar-refractivity contribution in [3.8, 4) is 0 Å². The molecule has 2 aromatic carbocycles. The van der Waals surface area contributed by atoms with Crippen LogP contribution in [0.5, 0.6) is 0 Å². The van der Waals surface area contributed by atoms with E-state index < -0.39 is 23.0 Å². The fraction of sp³-hybridized carbons (Fsp3) is 0.333. The van der Waals surface area contributed by atoms with Crippen LogP contribution in [0.3, 0.4) is 0 Å². The summed E-state index contributed by atoms with van der Waals surface area (Å²) in [6.45, 7) is 4.92. The first-order chi connectivity index (χ1) is 16.9. The van der Waals surface area contributed by atoms with Gasteiger partial charge in [0.25, 0.3) is 5.69 Å². The molecule has 0 aromatic heterocycles. The van der Waals surface area contributed by atoms with Gasteiger partial charge >= 0.3 is 12.0 Å². The second-order valence-electron chi connectivity index (χ2n) is 8.23. The van der Waals surface area contributed by atoms with Crippen LogP contribution in [-0.4, -0.2) is 61.2 Å². The summed E-state index contributed by atoms with van der Waals surface area (Å²) in [6, 6.07) is 10.8. The average Bonchev–Trinajstić information content (AvgIpc) is 2.85. The van der Waals surface area contributed by atoms with E-state index in [4.69, 9.17) is 4.74 Å². The van der Waals surface area contributed by atoms with Crippen LogP contribution < -0.4 is 15.5 Å². The van der Waals surface area contributed by atoms with Crippen LogP contribution in [0.2, 0.25) is 0 Å². The lowest BCUT2D eigenvalue weighted by Gasteiger charge is -2.38. The van der Waals surface area contributed by atoms with Gasteiger partial charge in [0.05, 0.1) is 23.1 Å². The predicted molar refractivity (Wildman–Crippen MR) is 126 cm³/mol. The molecule has 0 bridgehead atoms. The largest absolute Gasteiger partial charge is 0.463 e. The molecule has 4 rings (SSSR count). The number of nitrogens with zero attached hydrogens (tertiary/aromatic N) is 3. The number of nitro groups is 1. The second kappa shape index (κ2) is 10.5. The SMILES string of the molecule is CCOC(=O)C1=C(CN2CCN(c3ccc(F)cc3)CC2)NC(=O)NC1c1ccc([N+](=O)[O-])cc1. The molecule has 0 spiro atoms. The molecular weight excluding hydrogens is 457 g/mol. The average molecular weight is 484 g/mol. The van der Waals surface area contributed by atoms with Gasteiger partial charge in [0.2, 0.25) is 0 Å². The lowest BCUT2D eigenvalue weighted by atomic mass is 9.94. The quantitative estimate of drug-likeness (QED) is 0.353. The van der Waals surface area contributed by atoms with Gasteiger partial charge in [-0.25, -0.2) is 14.0 Å². The van der Waals surface area contributed by atoms with Crippen LogP contribution in [0.15, 0.2) is 59.8 Å². The Hall–Kier alpha value is -3.99. The highest BCUT2D eigenvalue weighted by atomic mass is 19.1. The van der Waals surface area contributed by atoms with Gasteiger partial charge in [-0.1, -0.05) is 0 Å². The van der Waals surface area contributed by atoms with Gasteiger partial charge in [-0.2, -0.15) is 0 Å². The normalized spacial score (nSPS) is 18.6. The number of carbonyl (C=O) groups excluding carboxylic acids is 2. The maximum absolute atomic E-state index is 13.2. The molecule has 11 heteroatoms. The molecule has 0 aliphatic carbocycles. The molecule has 2 N–H and O–H groups in total. The second-order valence-corrected chi connectivity index (χ2v) is 8.23. The first-order valence-electron chi connectivity index (χ1n) is 11.3. The molecule has 2 heterocycles. The smallest absolute Gasteiger partial charge is 0.338 e. The number of rotatable bonds is 7. The van der Waals surface area contributed by atoms with Crippen LogP contribution >= 0.6 is 0 Å². The number of non-ortho nitro benzene ring substituents is 1. The summed E-state index contributed by atoms with van der Waals surface area (Å²) in [5, 5.41) is 16.5. The molecule has 1 unspecified atom stereocenters. The molecule has 1 saturated heterocycles. The number of hydrogen-bond acceptors (Lipinski definition) is 7. The summed E-state index contributed by atoms with van der Waals surface area (Å²) >= 11 is 0. The molecule has 0 saturated carbocycles. The molecular formula is C24H26FN5O5. The first kappa shape index (κ1) is 24.1. The first-order valence-corrected chi connectivity index (χ1v) is 11.3. The van der Waals surface area contributed by atoms with Gasteiger partial charge in [-0.3, -0.25) is 15.0 Å². The molecule has 2 aliphatic rings. The van der Waals surface area contributed by atoms with Crippen molar-refractivity contribution >= 4 is 23.4 Å². The molecule has 2 aromatic rings. The fourth-order valence-corrected chi connectivity index (χ4v) is 4.27. The van der Waals surface area contributed by atoms with Crippen LogP contribution in [0, 0.1) is 15.9 Å². The van der Waals surface area contributed by atoms with Gasteiger partial charge < -0.3 is 20.3 Å². The summed E-state index contributed by atoms with van der Waals surface area (Å²) in [5.74, 6) is -0.849. The van der Waals surface area contributed by atoms with Crippen molar-refractivity contribution in [1.82, 2.24) is 15.5 Å². The van der Waals surface area contributed by atoms with Crippen molar-refractivity contribution in [2.75, 3.05) is 44.2 Å². The minimum absolute atomic E-state index is 0.0880. The summed E-state index contributed by atoms with van der Waals surface area (Å²) in [5.41, 5.74) is 2.08. The van der Waals surface area contributed by atoms with E-state index in [2.05, 4.69) is 20.4 Å². The van der Waals surface area contributed by atoms with Gasteiger partial charge in [0.15, 0.2) is 0 Å². The zero-order valence-corrected chi connectivity index (χ0v) is 19.2. The molecule has 1 fully saturated rings. The Morgan fingerprint density at radius 2 is 1.77 bits per heavy atom. The summed E-state index contributed by atoms with van der Waals surface area (Å²) in [4.78, 5) is 40.2. The lowest BCUT2D eigenvalue weighted by Crippen LogP contribution is -2.51. The number of urea groups is 1. The van der Waals surface area contributed by atoms with Gasteiger partial charge in [-0.15, -0.1) is 0 Å². The maximum Gasteiger partial charge on any atom is 0.338 e. The zero-order valence-electron chi connectivity index (χ0n) is 19.2. The van der Waals surface area contributed by atoms with Crippen LogP contribution in [0.25, 0.3) is 0 Å². The summed E-state index contributed by atoms with van der Waals surface area (Å²) in [6.07, 6.45) is 0. The Labute approximate surface area is 201 Å². The maximum atomic E-state index is 13.2. The van der Waals surface area contributed by atoms with E-state index >= 15 is 0 Å². The van der Waals surface area contributed by atoms with Gasteiger partial charge in [0, 0.05) is 56.2 Å². The van der Waals surface area contributed by atoms with E-state index in [1.54, 1.807) is 19.1 Å². The molecule has 184 valence electrons. The van der Waals surface area contributed by atoms with E-state index in [9.17, 15) is 24.1 Å². The summed E-state index contributed by atoms with van der Waals surface area (Å²) in [7, 11) is 0. The van der Waals surface area contributed by atoms with Crippen LogP contribution in [0.4, 0.5) is 20.6 Å². The van der Waals surface area contributed by atoms with E-state index in [1.807, 2.05) is 0 Å². The number of esters is 1. The minimum Gasteiger partial charge on any atom is -0.463 e. The molecule has 10 nitrogen and oxygen atoms in total. The van der Waals surface area contributed by atoms with E-state index in [0.29, 0.717) is 44.0 Å². The monoisotopic (exact) mass is 483 g/mol. The number of piperazine rings is 1. The Balaban J connectivity index is 1.55. The minimum atomic E-state index is -0.806. The van der Waals surface area contributed by atoms with Crippen molar-refractivity contribution in [2.24, 2.45) is 0 Å². The Bertz CT molecular complexity index is 1130. The highest BCUT2D eigenvalue weighted by molar-refractivity contribution is 5.95. The van der Waals surface area contributed by atoms with Gasteiger partial charge in [-0.05, 0) is 48.9 Å². The number of carbonyl (C=O) groups is 2. The Morgan fingerprint density at radius 1 is 1.11 bits per heavy atom. The molecule has 1 atom stereocenters. The van der Waals surface area contributed by atoms with Crippen LogP contribution in [-0.2, 0) is 9.53 Å². The Kier molecular flexibility index (Phi) is 7.25. The third-order valence-corrected chi connectivity index (χ3v) is 6.03. The zero-order chi connectivity index (χ0) is 24.9. The Morgan fingerprint density at radius 3 is 2.37 bits per heavy atom. The third kappa shape index (κ3) is 5.57. The van der Waals surface area contributed by atoms with Crippen molar-refractivity contribution in [3.05, 3.63) is 81.3 Å². The third-order valence-electron chi connectivity index (χ3n) is 6.03. The van der Waals surface area contributed by atoms with Gasteiger partial charge in [0.1, 0.15) is 5.82 Å². The predicted octanol–water partition coefficient (Wildman–Crippen LogP) is 2.73. The standard InChI is InChI=1S/C24H26FN5O5/c1-2-35-23(31)21-20(15-28-11-13-29(14-12-28)18-9-5-17(25)6-10-18)26-24(32)27-22(21)16-3-7-19(8-4-16)30(33)34/h3-10,22H,2,11-15H2,1H3,(H2,26,27,32). The number of nitro benzene ring substituents is 1. The van der Waals surface area contributed by atoms with Crippen molar-refractivity contribution < 1.29 is 23.6 Å². The lowest BCUT2D eigenvalue weighted by molar-refractivity contribution is -0.384. The number of halogens is 1. The number of amides is 2. The summed E-state index contributed by atoms with van der Waals surface area (Å²) < 4.78 is 18.5. The molecule has 0 radical (unpaired) electrons. The van der Waals surface area contributed by atoms with Crippen LogP contribution in [0.1, 0.15) is 18.5 Å². The number of hydrogen-bond donors (Lipinski definition) is 2. The topological polar surface area (TPSA) is 117 Å². The number of ether oxygens (including phenoxy) is 1. The molecule has 2 aliphatic heterocycles. The van der Waals surface area contributed by atoms with E-state index in [0.717, 1.165) is 5.69 Å². The van der Waals surface area contributed by atoms with E-state index in [-0.39, 0.29) is 23.7 Å². The molecule has 2 amide bonds. The highest BCUT2D eigenvalue weighted by Gasteiger charge is 2.35. The number of nitrogens with one attached hydrogen (secondary N) is 2.